The van der Waals surface area contributed by atoms with E-state index >= 15 is 0 Å². The molecular formula is C21H15NO5P-. The minimum absolute atomic E-state index is 0.0271. The van der Waals surface area contributed by atoms with Crippen LogP contribution in [0, 0.1) is 35.7 Å². The Labute approximate surface area is 164 Å². The maximum absolute atomic E-state index is 11.3. The maximum Gasteiger partial charge on any atom is 0.328 e. The van der Waals surface area contributed by atoms with Gasteiger partial charge in [0.1, 0.15) is 6.11 Å². The highest BCUT2D eigenvalue weighted by molar-refractivity contribution is 7.46. The number of phosphoric acid groups is 1. The van der Waals surface area contributed by atoms with Crippen molar-refractivity contribution in [2.45, 2.75) is 20.3 Å². The van der Waals surface area contributed by atoms with Crippen molar-refractivity contribution in [3.8, 4) is 35.7 Å². The minimum Gasteiger partial charge on any atom is -0.746 e. The van der Waals surface area contributed by atoms with Crippen LogP contribution in [0.5, 0.6) is 0 Å². The molecule has 0 fully saturated rings. The predicted molar refractivity (Wildman–Crippen MR) is 101 cm³/mol. The normalized spacial score (nSPS) is 9.39. The maximum atomic E-state index is 11.3. The summed E-state index contributed by atoms with van der Waals surface area (Å²) < 4.78 is 20.1. The van der Waals surface area contributed by atoms with Crippen molar-refractivity contribution in [3.63, 3.8) is 0 Å². The van der Waals surface area contributed by atoms with E-state index in [1.54, 1.807) is 0 Å². The van der Waals surface area contributed by atoms with E-state index in [0.717, 1.165) is 0 Å². The molecular weight excluding hydrogens is 377 g/mol. The number of carbonyl (C=O) groups excluding carboxylic acids is 1. The van der Waals surface area contributed by atoms with E-state index in [4.69, 9.17) is 0 Å². The van der Waals surface area contributed by atoms with E-state index in [-0.39, 0.29) is 19.1 Å². The predicted octanol–water partition coefficient (Wildman–Crippen LogP) is 1.64. The highest BCUT2D eigenvalue weighted by Crippen LogP contribution is 2.37. The summed E-state index contributed by atoms with van der Waals surface area (Å²) in [6.07, 6.45) is 2.48. The Hall–Kier alpha value is -3.70. The molecule has 6 nitrogen and oxygen atoms in total. The highest BCUT2D eigenvalue weighted by atomic mass is 31.2. The van der Waals surface area contributed by atoms with Crippen LogP contribution in [0.15, 0.2) is 52.3 Å². The molecule has 0 aromatic carbocycles. The Balaban J connectivity index is 4.83. The van der Waals surface area contributed by atoms with Gasteiger partial charge in [-0.15, -0.1) is 0 Å². The summed E-state index contributed by atoms with van der Waals surface area (Å²) in [5.41, 5.74) is 18.3. The number of hydrogen-bond acceptors (Lipinski definition) is 5. The zero-order chi connectivity index (χ0) is 21.1. The molecule has 0 rings (SSSR count). The average molecular weight is 392 g/mol. The largest absolute Gasteiger partial charge is 0.746 e. The van der Waals surface area contributed by atoms with E-state index in [1.807, 2.05) is 13.0 Å². The second kappa shape index (κ2) is 15.5. The van der Waals surface area contributed by atoms with Gasteiger partial charge in [0.15, 0.2) is 0 Å². The van der Waals surface area contributed by atoms with Gasteiger partial charge in [-0.1, -0.05) is 12.7 Å². The highest BCUT2D eigenvalue weighted by Gasteiger charge is 2.07. The molecule has 0 aromatic heterocycles. The van der Waals surface area contributed by atoms with E-state index in [2.05, 4.69) is 90.7 Å². The van der Waals surface area contributed by atoms with Gasteiger partial charge in [-0.3, -0.25) is 9.36 Å². The Morgan fingerprint density at radius 1 is 1.11 bits per heavy atom. The fourth-order valence-electron chi connectivity index (χ4n) is 1.14. The summed E-state index contributed by atoms with van der Waals surface area (Å²) in [6.45, 7) is 6.24. The third-order valence-corrected chi connectivity index (χ3v) is 3.05. The molecule has 1 N–H and O–H groups in total. The van der Waals surface area contributed by atoms with Crippen LogP contribution in [0.3, 0.4) is 0 Å². The van der Waals surface area contributed by atoms with Crippen molar-refractivity contribution in [2.24, 2.45) is 0 Å². The molecule has 0 radical (unpaired) electrons. The summed E-state index contributed by atoms with van der Waals surface area (Å²) in [4.78, 5) is 21.9. The lowest BCUT2D eigenvalue weighted by Crippen LogP contribution is -2.24. The second-order valence-corrected chi connectivity index (χ2v) is 5.68. The van der Waals surface area contributed by atoms with Crippen molar-refractivity contribution < 1.29 is 23.3 Å². The lowest BCUT2D eigenvalue weighted by atomic mass is 10.2. The molecule has 0 aliphatic carbocycles. The van der Waals surface area contributed by atoms with Gasteiger partial charge in [-0.05, 0) is 65.1 Å². The summed E-state index contributed by atoms with van der Waals surface area (Å²) in [6, 6.07) is 0. The molecule has 7 heteroatoms. The lowest BCUT2D eigenvalue weighted by molar-refractivity contribution is -0.219. The quantitative estimate of drug-likeness (QED) is 0.321. The van der Waals surface area contributed by atoms with Gasteiger partial charge in [0.2, 0.25) is 5.91 Å². The molecule has 0 saturated heterocycles. The van der Waals surface area contributed by atoms with E-state index < -0.39 is 7.82 Å². The molecule has 28 heavy (non-hydrogen) atoms. The average Bonchev–Trinajstić information content (AvgIpc) is 2.65. The van der Waals surface area contributed by atoms with Gasteiger partial charge < -0.3 is 19.3 Å². The molecule has 0 heterocycles. The molecule has 1 unspecified atom stereocenters. The smallest absolute Gasteiger partial charge is 0.328 e. The van der Waals surface area contributed by atoms with Crippen LogP contribution >= 0.6 is 7.82 Å². The number of carbonyl (C=O) groups is 1. The third kappa shape index (κ3) is 15.8. The van der Waals surface area contributed by atoms with Crippen LogP contribution < -0.4 is 10.2 Å². The van der Waals surface area contributed by atoms with Crippen molar-refractivity contribution >= 4 is 13.7 Å². The zero-order valence-electron chi connectivity index (χ0n) is 15.3. The summed E-state index contributed by atoms with van der Waals surface area (Å²) in [5.74, 6) is 11.8. The van der Waals surface area contributed by atoms with Gasteiger partial charge in [-0.2, -0.15) is 0 Å². The molecule has 0 aliphatic rings. The van der Waals surface area contributed by atoms with Crippen molar-refractivity contribution in [1.82, 2.24) is 5.32 Å². The first-order valence-corrected chi connectivity index (χ1v) is 9.16. The van der Waals surface area contributed by atoms with Crippen LogP contribution in [-0.4, -0.2) is 19.1 Å². The van der Waals surface area contributed by atoms with Gasteiger partial charge in [0.25, 0.3) is 0 Å². The number of amides is 1. The number of hydrogen-bond donors (Lipinski definition) is 1. The fourth-order valence-corrected chi connectivity index (χ4v) is 1.66. The van der Waals surface area contributed by atoms with Gasteiger partial charge >= 0.3 is 7.82 Å². The summed E-state index contributed by atoms with van der Waals surface area (Å²) in [7, 11) is -4.58. The molecule has 0 saturated carbocycles. The Kier molecular flexibility index (Phi) is 13.5. The first-order valence-electron chi connectivity index (χ1n) is 7.69. The fraction of sp³-hybridized carbons (Fsp3) is 0.238. The topological polar surface area (TPSA) is 87.7 Å². The minimum atomic E-state index is -4.58. The zero-order valence-corrected chi connectivity index (χ0v) is 16.2. The van der Waals surface area contributed by atoms with Crippen molar-refractivity contribution in [3.05, 3.63) is 52.3 Å². The molecule has 1 atom stereocenters. The molecule has 140 valence electrons. The van der Waals surface area contributed by atoms with E-state index in [9.17, 15) is 14.3 Å². The number of rotatable bonds is 6. The van der Waals surface area contributed by atoms with E-state index in [0.29, 0.717) is 12.0 Å². The summed E-state index contributed by atoms with van der Waals surface area (Å²) >= 11 is 0. The SMILES string of the molecule is C=C=C=C=C=C=C=C=C(C#CC#CC#COP(=O)([O-])OCCNC(C)=O)CC. The number of allylic oxidation sites excluding steroid dienone is 1. The third-order valence-electron chi connectivity index (χ3n) is 2.24. The first kappa shape index (κ1) is 24.3. The summed E-state index contributed by atoms with van der Waals surface area (Å²) in [5, 5.41) is 2.36. The monoisotopic (exact) mass is 392 g/mol. The number of phosphoric ester groups is 1. The van der Waals surface area contributed by atoms with Crippen LogP contribution in [0.1, 0.15) is 20.3 Å². The number of nitrogens with one attached hydrogen (secondary N) is 1. The van der Waals surface area contributed by atoms with Crippen LogP contribution in [0.4, 0.5) is 0 Å². The molecule has 0 spiro atoms. The molecule has 0 bridgehead atoms. The van der Waals surface area contributed by atoms with Crippen LogP contribution in [-0.2, 0) is 18.4 Å². The first-order chi connectivity index (χ1) is 13.4. The van der Waals surface area contributed by atoms with Gasteiger partial charge in [0, 0.05) is 25.3 Å². The standard InChI is InChI=1S/C21H16NO5P/c1-4-6-7-8-9-12-15-21(5-2)16-13-10-11-14-18-26-28(24,25)27-19-17-22-20(3)23/h1,5,17,19H2,2-3H3,(H,22,23)(H,24,25)/p-1. The molecule has 0 aliphatic heterocycles. The van der Waals surface area contributed by atoms with Crippen molar-refractivity contribution in [1.29, 1.82) is 0 Å². The molecule has 1 amide bonds. The second-order valence-electron chi connectivity index (χ2n) is 4.34. The van der Waals surface area contributed by atoms with Crippen LogP contribution in [0.25, 0.3) is 0 Å². The lowest BCUT2D eigenvalue weighted by Gasteiger charge is -2.18. The van der Waals surface area contributed by atoms with Crippen molar-refractivity contribution in [2.75, 3.05) is 13.2 Å². The van der Waals surface area contributed by atoms with E-state index in [1.165, 1.54) is 6.92 Å². The Bertz CT molecular complexity index is 1090. The Morgan fingerprint density at radius 2 is 1.79 bits per heavy atom. The Morgan fingerprint density at radius 3 is 2.46 bits per heavy atom. The van der Waals surface area contributed by atoms with Gasteiger partial charge in [-0.25, -0.2) is 0 Å². The van der Waals surface area contributed by atoms with Crippen LogP contribution in [0.2, 0.25) is 0 Å². The van der Waals surface area contributed by atoms with Gasteiger partial charge in [0.05, 0.1) is 12.2 Å². The molecule has 0 aromatic rings.